The molecule has 8 heteroatoms. The smallest absolute Gasteiger partial charge is 0.302 e. The molecule has 0 aromatic carbocycles. The number of nitrogens with zero attached hydrogens (tertiary/aromatic N) is 4. The molecule has 0 spiro atoms. The molecule has 2 atom stereocenters. The summed E-state index contributed by atoms with van der Waals surface area (Å²) in [5, 5.41) is 19.0. The van der Waals surface area contributed by atoms with Gasteiger partial charge in [-0.15, -0.1) is 0 Å². The number of anilines is 2. The minimum atomic E-state index is -0.237. The first-order valence-electron chi connectivity index (χ1n) is 7.35. The molecule has 1 saturated carbocycles. The molecule has 2 heterocycles. The average Bonchev–Trinajstić information content (AvgIpc) is 3.17. The van der Waals surface area contributed by atoms with Gasteiger partial charge in [0.1, 0.15) is 23.8 Å². The van der Waals surface area contributed by atoms with Crippen LogP contribution < -0.4 is 5.32 Å². The Kier molecular flexibility index (Phi) is 4.19. The monoisotopic (exact) mass is 312 g/mol. The van der Waals surface area contributed by atoms with E-state index in [2.05, 4.69) is 25.5 Å². The largest absolute Gasteiger partial charge is 0.463 e. The highest BCUT2D eigenvalue weighted by molar-refractivity contribution is 5.66. The number of nitrogens with one attached hydrogen (secondary N) is 2. The number of H-pyrrole nitrogens is 1. The van der Waals surface area contributed by atoms with E-state index in [-0.39, 0.29) is 23.7 Å². The first kappa shape index (κ1) is 15.0. The van der Waals surface area contributed by atoms with Crippen LogP contribution in [-0.4, -0.2) is 32.2 Å². The van der Waals surface area contributed by atoms with Gasteiger partial charge in [-0.25, -0.2) is 9.97 Å². The van der Waals surface area contributed by atoms with E-state index in [1.807, 2.05) is 12.1 Å². The molecular weight excluding hydrogens is 296 g/mol. The molecule has 1 aliphatic rings. The van der Waals surface area contributed by atoms with Gasteiger partial charge in [0.25, 0.3) is 0 Å². The minimum absolute atomic E-state index is 0.0185. The van der Waals surface area contributed by atoms with Crippen LogP contribution in [0.15, 0.2) is 18.5 Å². The van der Waals surface area contributed by atoms with Crippen molar-refractivity contribution in [2.24, 2.45) is 0 Å². The maximum absolute atomic E-state index is 11.0. The van der Waals surface area contributed by atoms with Gasteiger partial charge in [-0.3, -0.25) is 9.89 Å². The van der Waals surface area contributed by atoms with Crippen LogP contribution in [0.1, 0.15) is 43.5 Å². The van der Waals surface area contributed by atoms with Gasteiger partial charge in [0, 0.05) is 18.9 Å². The summed E-state index contributed by atoms with van der Waals surface area (Å²) in [5.41, 5.74) is 1.20. The molecule has 0 unspecified atom stereocenters. The summed E-state index contributed by atoms with van der Waals surface area (Å²) < 4.78 is 5.25. The number of rotatable bonds is 4. The van der Waals surface area contributed by atoms with Crippen LogP contribution in [0.2, 0.25) is 0 Å². The summed E-state index contributed by atoms with van der Waals surface area (Å²) in [7, 11) is 0. The van der Waals surface area contributed by atoms with E-state index in [9.17, 15) is 4.79 Å². The van der Waals surface area contributed by atoms with Crippen LogP contribution in [-0.2, 0) is 9.53 Å². The zero-order chi connectivity index (χ0) is 16.2. The van der Waals surface area contributed by atoms with E-state index >= 15 is 0 Å². The van der Waals surface area contributed by atoms with Crippen LogP contribution >= 0.6 is 0 Å². The van der Waals surface area contributed by atoms with Gasteiger partial charge in [-0.2, -0.15) is 10.4 Å². The van der Waals surface area contributed by atoms with Gasteiger partial charge in [-0.1, -0.05) is 0 Å². The SMILES string of the molecule is CC(=O)O[C@@H]1CC[C@H](c2cc(Nc3cnc(C#N)cn3)[nH]n2)C1. The lowest BCUT2D eigenvalue weighted by Crippen LogP contribution is -2.12. The molecule has 2 N–H and O–H groups in total. The van der Waals surface area contributed by atoms with Crippen LogP contribution in [0.5, 0.6) is 0 Å². The first-order chi connectivity index (χ1) is 11.1. The topological polar surface area (TPSA) is 117 Å². The van der Waals surface area contributed by atoms with Crippen LogP contribution in [0.25, 0.3) is 0 Å². The molecule has 8 nitrogen and oxygen atoms in total. The fraction of sp³-hybridized carbons (Fsp3) is 0.400. The molecule has 0 aliphatic heterocycles. The van der Waals surface area contributed by atoms with Crippen LogP contribution in [0.3, 0.4) is 0 Å². The Morgan fingerprint density at radius 2 is 2.30 bits per heavy atom. The van der Waals surface area contributed by atoms with Crippen molar-refractivity contribution >= 4 is 17.6 Å². The number of carbonyl (C=O) groups excluding carboxylic acids is 1. The standard InChI is InChI=1S/C15H16N6O2/c1-9(22)23-12-3-2-10(4-12)13-5-14(21-20-13)19-15-8-17-11(6-16)7-18-15/h5,7-8,10,12H,2-4H2,1H3,(H2,18,19,20,21)/t10-,12+/m0/s1. The molecule has 23 heavy (non-hydrogen) atoms. The molecule has 2 aromatic heterocycles. The maximum atomic E-state index is 11.0. The molecule has 118 valence electrons. The fourth-order valence-electron chi connectivity index (χ4n) is 2.75. The molecule has 1 fully saturated rings. The van der Waals surface area contributed by atoms with Crippen molar-refractivity contribution in [3.05, 3.63) is 29.8 Å². The van der Waals surface area contributed by atoms with Gasteiger partial charge in [0.05, 0.1) is 18.1 Å². The van der Waals surface area contributed by atoms with Gasteiger partial charge in [0.15, 0.2) is 5.69 Å². The summed E-state index contributed by atoms with van der Waals surface area (Å²) in [6, 6.07) is 3.84. The molecule has 0 radical (unpaired) electrons. The Labute approximate surface area is 132 Å². The van der Waals surface area contributed by atoms with Crippen LogP contribution in [0, 0.1) is 11.3 Å². The third-order valence-corrected chi connectivity index (χ3v) is 3.76. The first-order valence-corrected chi connectivity index (χ1v) is 7.35. The lowest BCUT2D eigenvalue weighted by atomic mass is 10.0. The van der Waals surface area contributed by atoms with E-state index in [1.54, 1.807) is 0 Å². The quantitative estimate of drug-likeness (QED) is 0.829. The van der Waals surface area contributed by atoms with Crippen molar-refractivity contribution in [1.29, 1.82) is 5.26 Å². The Hall–Kier alpha value is -2.95. The zero-order valence-electron chi connectivity index (χ0n) is 12.6. The second-order valence-electron chi connectivity index (χ2n) is 5.47. The van der Waals surface area contributed by atoms with Crippen molar-refractivity contribution < 1.29 is 9.53 Å². The Morgan fingerprint density at radius 1 is 1.43 bits per heavy atom. The highest BCUT2D eigenvalue weighted by Gasteiger charge is 2.29. The molecule has 0 bridgehead atoms. The van der Waals surface area contributed by atoms with Crippen LogP contribution in [0.4, 0.5) is 11.6 Å². The predicted molar refractivity (Wildman–Crippen MR) is 80.8 cm³/mol. The van der Waals surface area contributed by atoms with E-state index in [0.717, 1.165) is 25.0 Å². The van der Waals surface area contributed by atoms with Gasteiger partial charge in [0.2, 0.25) is 0 Å². The zero-order valence-corrected chi connectivity index (χ0v) is 12.6. The van der Waals surface area contributed by atoms with Crippen molar-refractivity contribution in [1.82, 2.24) is 20.2 Å². The van der Waals surface area contributed by atoms with Gasteiger partial charge < -0.3 is 10.1 Å². The number of ether oxygens (including phenoxy) is 1. The van der Waals surface area contributed by atoms with Crippen molar-refractivity contribution in [3.63, 3.8) is 0 Å². The summed E-state index contributed by atoms with van der Waals surface area (Å²) >= 11 is 0. The second-order valence-corrected chi connectivity index (χ2v) is 5.47. The Morgan fingerprint density at radius 3 is 3.00 bits per heavy atom. The number of hydrogen-bond donors (Lipinski definition) is 2. The molecule has 0 saturated heterocycles. The molecule has 0 amide bonds. The number of nitriles is 1. The van der Waals surface area contributed by atoms with Crippen molar-refractivity contribution in [3.8, 4) is 6.07 Å². The summed E-state index contributed by atoms with van der Waals surface area (Å²) in [4.78, 5) is 19.1. The predicted octanol–water partition coefficient (Wildman–Crippen LogP) is 2.01. The highest BCUT2D eigenvalue weighted by atomic mass is 16.5. The normalized spacial score (nSPS) is 20.0. The van der Waals surface area contributed by atoms with Crippen molar-refractivity contribution in [2.45, 2.75) is 38.2 Å². The maximum Gasteiger partial charge on any atom is 0.302 e. The molecule has 2 aromatic rings. The summed E-state index contributed by atoms with van der Waals surface area (Å²) in [5.74, 6) is 1.27. The van der Waals surface area contributed by atoms with Crippen molar-refractivity contribution in [2.75, 3.05) is 5.32 Å². The van der Waals surface area contributed by atoms with E-state index in [4.69, 9.17) is 10.00 Å². The van der Waals surface area contributed by atoms with Gasteiger partial charge >= 0.3 is 5.97 Å². The van der Waals surface area contributed by atoms with Gasteiger partial charge in [-0.05, 0) is 19.3 Å². The highest BCUT2D eigenvalue weighted by Crippen LogP contribution is 2.35. The molecule has 3 rings (SSSR count). The molecule has 1 aliphatic carbocycles. The third-order valence-electron chi connectivity index (χ3n) is 3.76. The third kappa shape index (κ3) is 3.63. The molecular formula is C15H16N6O2. The number of aromatic amines is 1. The lowest BCUT2D eigenvalue weighted by Gasteiger charge is -2.09. The summed E-state index contributed by atoms with van der Waals surface area (Å²) in [6.07, 6.45) is 5.47. The second kappa shape index (κ2) is 6.44. The minimum Gasteiger partial charge on any atom is -0.463 e. The Bertz CT molecular complexity index is 733. The lowest BCUT2D eigenvalue weighted by molar-refractivity contribution is -0.145. The number of carbonyl (C=O) groups is 1. The van der Waals surface area contributed by atoms with E-state index in [0.29, 0.717) is 11.6 Å². The Balaban J connectivity index is 1.62. The number of aromatic nitrogens is 4. The van der Waals surface area contributed by atoms with E-state index in [1.165, 1.54) is 19.3 Å². The number of hydrogen-bond acceptors (Lipinski definition) is 7. The fourth-order valence-corrected chi connectivity index (χ4v) is 2.75. The summed E-state index contributed by atoms with van der Waals surface area (Å²) in [6.45, 7) is 1.43. The average molecular weight is 312 g/mol. The number of esters is 1. The van der Waals surface area contributed by atoms with E-state index < -0.39 is 0 Å².